The Morgan fingerprint density at radius 2 is 2.21 bits per heavy atom. The Morgan fingerprint density at radius 1 is 1.43 bits per heavy atom. The highest BCUT2D eigenvalue weighted by Crippen LogP contribution is 2.15. The molecule has 1 aromatic heterocycles. The molecule has 0 amide bonds. The molecular weight excluding hydrogens is 181 g/mol. The highest BCUT2D eigenvalue weighted by atomic mass is 19.1. The van der Waals surface area contributed by atoms with Crippen molar-refractivity contribution in [3.63, 3.8) is 0 Å². The van der Waals surface area contributed by atoms with Gasteiger partial charge >= 0.3 is 0 Å². The molecule has 2 rings (SSSR count). The average Bonchev–Trinajstić information content (AvgIpc) is 2.48. The zero-order valence-corrected chi connectivity index (χ0v) is 7.74. The number of nitrogen functional groups attached to an aromatic ring is 1. The van der Waals surface area contributed by atoms with Crippen LogP contribution in [-0.4, -0.2) is 9.78 Å². The van der Waals surface area contributed by atoms with Crippen LogP contribution in [0.1, 0.15) is 5.69 Å². The molecule has 2 aromatic rings. The van der Waals surface area contributed by atoms with E-state index in [0.29, 0.717) is 11.4 Å². The first-order chi connectivity index (χ1) is 6.68. The lowest BCUT2D eigenvalue weighted by molar-refractivity contribution is 0.625. The largest absolute Gasteiger partial charge is 0.396 e. The first-order valence-corrected chi connectivity index (χ1v) is 4.24. The van der Waals surface area contributed by atoms with Crippen LogP contribution >= 0.6 is 0 Å². The summed E-state index contributed by atoms with van der Waals surface area (Å²) in [5.41, 5.74) is 7.74. The molecule has 0 saturated carbocycles. The van der Waals surface area contributed by atoms with Crippen molar-refractivity contribution in [1.82, 2.24) is 9.78 Å². The number of halogens is 1. The van der Waals surface area contributed by atoms with Gasteiger partial charge in [-0.2, -0.15) is 5.10 Å². The summed E-state index contributed by atoms with van der Waals surface area (Å²) >= 11 is 0. The highest BCUT2D eigenvalue weighted by Gasteiger charge is 2.05. The molecule has 0 aliphatic carbocycles. The third-order valence-corrected chi connectivity index (χ3v) is 2.10. The molecule has 1 aromatic carbocycles. The number of nitrogens with zero attached hydrogens (tertiary/aromatic N) is 2. The SMILES string of the molecule is Cc1c(N)cnn1-c1cccc(F)c1. The molecule has 0 radical (unpaired) electrons. The van der Waals surface area contributed by atoms with Crippen molar-refractivity contribution in [2.24, 2.45) is 0 Å². The van der Waals surface area contributed by atoms with E-state index >= 15 is 0 Å². The van der Waals surface area contributed by atoms with Crippen LogP contribution in [0.3, 0.4) is 0 Å². The van der Waals surface area contributed by atoms with Gasteiger partial charge in [-0.15, -0.1) is 0 Å². The third kappa shape index (κ3) is 1.35. The summed E-state index contributed by atoms with van der Waals surface area (Å²) < 4.78 is 14.5. The third-order valence-electron chi connectivity index (χ3n) is 2.10. The number of nitrogens with two attached hydrogens (primary N) is 1. The van der Waals surface area contributed by atoms with Gasteiger partial charge in [-0.05, 0) is 25.1 Å². The van der Waals surface area contributed by atoms with Crippen molar-refractivity contribution in [2.45, 2.75) is 6.92 Å². The van der Waals surface area contributed by atoms with E-state index in [2.05, 4.69) is 5.10 Å². The van der Waals surface area contributed by atoms with Crippen molar-refractivity contribution in [3.8, 4) is 5.69 Å². The average molecular weight is 191 g/mol. The first kappa shape index (κ1) is 8.74. The minimum absolute atomic E-state index is 0.282. The highest BCUT2D eigenvalue weighted by molar-refractivity contribution is 5.45. The van der Waals surface area contributed by atoms with Gasteiger partial charge in [0.05, 0.1) is 23.3 Å². The minimum atomic E-state index is -0.282. The van der Waals surface area contributed by atoms with E-state index < -0.39 is 0 Å². The van der Waals surface area contributed by atoms with Gasteiger partial charge in [-0.25, -0.2) is 9.07 Å². The predicted octanol–water partition coefficient (Wildman–Crippen LogP) is 1.90. The van der Waals surface area contributed by atoms with E-state index in [4.69, 9.17) is 5.73 Å². The van der Waals surface area contributed by atoms with Crippen molar-refractivity contribution in [1.29, 1.82) is 0 Å². The molecule has 4 heteroatoms. The standard InChI is InChI=1S/C10H10FN3/c1-7-10(12)6-13-14(7)9-4-2-3-8(11)5-9/h2-6H,12H2,1H3. The molecule has 3 nitrogen and oxygen atoms in total. The maximum atomic E-state index is 12.9. The lowest BCUT2D eigenvalue weighted by Gasteiger charge is -2.03. The second-order valence-electron chi connectivity index (χ2n) is 3.08. The quantitative estimate of drug-likeness (QED) is 0.748. The number of benzene rings is 1. The molecule has 0 bridgehead atoms. The molecule has 14 heavy (non-hydrogen) atoms. The molecule has 0 fully saturated rings. The summed E-state index contributed by atoms with van der Waals surface area (Å²) in [7, 11) is 0. The monoisotopic (exact) mass is 191 g/mol. The summed E-state index contributed by atoms with van der Waals surface area (Å²) in [6, 6.07) is 6.23. The second kappa shape index (κ2) is 3.14. The number of hydrogen-bond acceptors (Lipinski definition) is 2. The summed E-state index contributed by atoms with van der Waals surface area (Å²) in [6.45, 7) is 1.84. The molecule has 2 N–H and O–H groups in total. The number of aromatic nitrogens is 2. The molecular formula is C10H10FN3. The number of anilines is 1. The van der Waals surface area contributed by atoms with Gasteiger partial charge in [0, 0.05) is 0 Å². The fourth-order valence-corrected chi connectivity index (χ4v) is 1.29. The van der Waals surface area contributed by atoms with Crippen LogP contribution in [-0.2, 0) is 0 Å². The zero-order valence-electron chi connectivity index (χ0n) is 7.74. The molecule has 1 heterocycles. The smallest absolute Gasteiger partial charge is 0.125 e. The van der Waals surface area contributed by atoms with Crippen LogP contribution in [0.15, 0.2) is 30.5 Å². The van der Waals surface area contributed by atoms with Gasteiger partial charge in [0.1, 0.15) is 5.82 Å². The van der Waals surface area contributed by atoms with Gasteiger partial charge in [-0.1, -0.05) is 6.07 Å². The van der Waals surface area contributed by atoms with Gasteiger partial charge in [0.15, 0.2) is 0 Å². The molecule has 72 valence electrons. The summed E-state index contributed by atoms with van der Waals surface area (Å²) in [5, 5.41) is 4.05. The van der Waals surface area contributed by atoms with Crippen LogP contribution in [0.5, 0.6) is 0 Å². The van der Waals surface area contributed by atoms with Gasteiger partial charge in [0.25, 0.3) is 0 Å². The van der Waals surface area contributed by atoms with Gasteiger partial charge < -0.3 is 5.73 Å². The lowest BCUT2D eigenvalue weighted by Crippen LogP contribution is -1.99. The lowest BCUT2D eigenvalue weighted by atomic mass is 10.3. The van der Waals surface area contributed by atoms with Gasteiger partial charge in [0.2, 0.25) is 0 Å². The van der Waals surface area contributed by atoms with Gasteiger partial charge in [-0.3, -0.25) is 0 Å². The van der Waals surface area contributed by atoms with Crippen molar-refractivity contribution < 1.29 is 4.39 Å². The van der Waals surface area contributed by atoms with E-state index in [-0.39, 0.29) is 5.82 Å². The van der Waals surface area contributed by atoms with E-state index in [1.165, 1.54) is 12.1 Å². The number of hydrogen-bond donors (Lipinski definition) is 1. The Bertz CT molecular complexity index is 462. The fourth-order valence-electron chi connectivity index (χ4n) is 1.29. The summed E-state index contributed by atoms with van der Waals surface area (Å²) in [5.74, 6) is -0.282. The van der Waals surface area contributed by atoms with Crippen molar-refractivity contribution >= 4 is 5.69 Å². The fraction of sp³-hybridized carbons (Fsp3) is 0.100. The Morgan fingerprint density at radius 3 is 2.79 bits per heavy atom. The van der Waals surface area contributed by atoms with E-state index in [1.54, 1.807) is 23.0 Å². The van der Waals surface area contributed by atoms with E-state index in [9.17, 15) is 4.39 Å². The normalized spacial score (nSPS) is 10.4. The topological polar surface area (TPSA) is 43.8 Å². The van der Waals surface area contributed by atoms with Crippen LogP contribution in [0.25, 0.3) is 5.69 Å². The maximum Gasteiger partial charge on any atom is 0.125 e. The zero-order chi connectivity index (χ0) is 10.1. The minimum Gasteiger partial charge on any atom is -0.396 e. The van der Waals surface area contributed by atoms with Crippen LogP contribution in [0, 0.1) is 12.7 Å². The summed E-state index contributed by atoms with van der Waals surface area (Å²) in [6.07, 6.45) is 1.56. The van der Waals surface area contributed by atoms with E-state index in [0.717, 1.165) is 5.69 Å². The predicted molar refractivity (Wildman–Crippen MR) is 52.7 cm³/mol. The Hall–Kier alpha value is -1.84. The van der Waals surface area contributed by atoms with Crippen LogP contribution in [0.4, 0.5) is 10.1 Å². The molecule has 0 saturated heterocycles. The van der Waals surface area contributed by atoms with E-state index in [1.807, 2.05) is 6.92 Å². The number of rotatable bonds is 1. The Kier molecular flexibility index (Phi) is 1.96. The Labute approximate surface area is 81.0 Å². The van der Waals surface area contributed by atoms with Crippen LogP contribution in [0.2, 0.25) is 0 Å². The van der Waals surface area contributed by atoms with Crippen molar-refractivity contribution in [3.05, 3.63) is 42.0 Å². The molecule has 0 spiro atoms. The molecule has 0 aliphatic rings. The van der Waals surface area contributed by atoms with Crippen molar-refractivity contribution in [2.75, 3.05) is 5.73 Å². The first-order valence-electron chi connectivity index (χ1n) is 4.24. The summed E-state index contributed by atoms with van der Waals surface area (Å²) in [4.78, 5) is 0. The maximum absolute atomic E-state index is 12.9. The molecule has 0 aliphatic heterocycles. The second-order valence-corrected chi connectivity index (χ2v) is 3.08. The molecule has 0 unspecified atom stereocenters. The Balaban J connectivity index is 2.55. The van der Waals surface area contributed by atoms with Crippen LogP contribution < -0.4 is 5.73 Å². The molecule has 0 atom stereocenters.